The van der Waals surface area contributed by atoms with E-state index >= 15 is 0 Å². The number of anilines is 2. The Morgan fingerprint density at radius 2 is 2.24 bits per heavy atom. The lowest BCUT2D eigenvalue weighted by atomic mass is 9.87. The van der Waals surface area contributed by atoms with Gasteiger partial charge < -0.3 is 15.5 Å². The number of H-pyrrole nitrogens is 1. The predicted octanol–water partition coefficient (Wildman–Crippen LogP) is 0.484. The largest absolute Gasteiger partial charge is 0.353 e. The normalized spacial score (nSPS) is 19.9. The van der Waals surface area contributed by atoms with Crippen molar-refractivity contribution in [1.82, 2.24) is 20.5 Å². The van der Waals surface area contributed by atoms with Crippen molar-refractivity contribution in [1.29, 1.82) is 0 Å². The van der Waals surface area contributed by atoms with Crippen LogP contribution in [0.25, 0.3) is 0 Å². The number of aryl methyl sites for hydroxylation is 1. The second-order valence-electron chi connectivity index (χ2n) is 6.48. The molecule has 0 aromatic carbocycles. The van der Waals surface area contributed by atoms with E-state index in [1.165, 1.54) is 0 Å². The second-order valence-corrected chi connectivity index (χ2v) is 6.48. The molecule has 0 saturated carbocycles. The highest BCUT2D eigenvalue weighted by molar-refractivity contribution is 5.92. The molecule has 0 spiro atoms. The number of hydrogen-bond donors (Lipinski definition) is 3. The third-order valence-electron chi connectivity index (χ3n) is 4.77. The maximum Gasteiger partial charge on any atom is 0.239 e. The van der Waals surface area contributed by atoms with E-state index in [-0.39, 0.29) is 17.7 Å². The number of nitrogens with zero attached hydrogens (tertiary/aromatic N) is 3. The Kier molecular flexibility index (Phi) is 4.09. The van der Waals surface area contributed by atoms with E-state index in [0.29, 0.717) is 25.2 Å². The summed E-state index contributed by atoms with van der Waals surface area (Å²) in [5, 5.41) is 12.8. The Bertz CT molecular complexity index is 785. The first-order valence-electron chi connectivity index (χ1n) is 8.49. The molecule has 25 heavy (non-hydrogen) atoms. The van der Waals surface area contributed by atoms with Crippen LogP contribution < -0.4 is 15.5 Å². The summed E-state index contributed by atoms with van der Waals surface area (Å²) in [6.45, 7) is 1.67. The molecular formula is C17H20N6O2. The minimum atomic E-state index is -0.0458. The van der Waals surface area contributed by atoms with Crippen molar-refractivity contribution in [3.05, 3.63) is 35.8 Å². The van der Waals surface area contributed by atoms with Gasteiger partial charge in [-0.15, -0.1) is 0 Å². The number of carbonyl (C=O) groups is 2. The number of fused-ring (bicyclic) bond motifs is 1. The van der Waals surface area contributed by atoms with Crippen LogP contribution in [0.1, 0.15) is 17.7 Å². The monoisotopic (exact) mass is 340 g/mol. The molecule has 2 aromatic heterocycles. The second kappa shape index (κ2) is 6.54. The van der Waals surface area contributed by atoms with Gasteiger partial charge >= 0.3 is 0 Å². The van der Waals surface area contributed by atoms with Gasteiger partial charge in [0.2, 0.25) is 11.8 Å². The molecule has 3 heterocycles. The van der Waals surface area contributed by atoms with Gasteiger partial charge in [-0.2, -0.15) is 5.10 Å². The minimum absolute atomic E-state index is 0.00124. The fourth-order valence-corrected chi connectivity index (χ4v) is 3.37. The first kappa shape index (κ1) is 15.6. The van der Waals surface area contributed by atoms with Gasteiger partial charge in [0.15, 0.2) is 0 Å². The van der Waals surface area contributed by atoms with Crippen LogP contribution >= 0.6 is 0 Å². The molecule has 130 valence electrons. The molecule has 1 unspecified atom stereocenters. The standard InChI is InChI=1S/C17H20N6O2/c24-16-10-23(6-5-18-16)15-4-2-13(9-19-15)21-17(25)11-1-3-14-12(7-11)8-20-22-14/h2,4,8-9,11H,1,3,5-7,10H2,(H,18,24)(H,20,22)(H,21,25). The maximum absolute atomic E-state index is 12.5. The summed E-state index contributed by atoms with van der Waals surface area (Å²) < 4.78 is 0. The summed E-state index contributed by atoms with van der Waals surface area (Å²) >= 11 is 0. The molecule has 0 bridgehead atoms. The van der Waals surface area contributed by atoms with Crippen molar-refractivity contribution in [3.8, 4) is 0 Å². The lowest BCUT2D eigenvalue weighted by Gasteiger charge is -2.27. The molecule has 2 aromatic rings. The zero-order valence-corrected chi connectivity index (χ0v) is 13.8. The molecule has 1 saturated heterocycles. The number of nitrogens with one attached hydrogen (secondary N) is 3. The highest BCUT2D eigenvalue weighted by Crippen LogP contribution is 2.25. The third kappa shape index (κ3) is 3.33. The first-order chi connectivity index (χ1) is 12.2. The number of aromatic amines is 1. The molecule has 2 amide bonds. The van der Waals surface area contributed by atoms with E-state index in [1.54, 1.807) is 12.4 Å². The Morgan fingerprint density at radius 1 is 1.32 bits per heavy atom. The molecule has 1 atom stereocenters. The third-order valence-corrected chi connectivity index (χ3v) is 4.77. The van der Waals surface area contributed by atoms with E-state index in [0.717, 1.165) is 36.5 Å². The van der Waals surface area contributed by atoms with Crippen molar-refractivity contribution < 1.29 is 9.59 Å². The van der Waals surface area contributed by atoms with Crippen molar-refractivity contribution in [2.45, 2.75) is 19.3 Å². The highest BCUT2D eigenvalue weighted by Gasteiger charge is 2.26. The van der Waals surface area contributed by atoms with Crippen LogP contribution in [0.5, 0.6) is 0 Å². The quantitative estimate of drug-likeness (QED) is 0.754. The van der Waals surface area contributed by atoms with Gasteiger partial charge in [0, 0.05) is 24.7 Å². The van der Waals surface area contributed by atoms with Crippen LogP contribution in [0.2, 0.25) is 0 Å². The fraction of sp³-hybridized carbons (Fsp3) is 0.412. The fourth-order valence-electron chi connectivity index (χ4n) is 3.37. The number of rotatable bonds is 3. The maximum atomic E-state index is 12.5. The Morgan fingerprint density at radius 3 is 3.04 bits per heavy atom. The molecule has 4 rings (SSSR count). The van der Waals surface area contributed by atoms with Crippen LogP contribution in [-0.2, 0) is 22.4 Å². The van der Waals surface area contributed by atoms with Gasteiger partial charge in [0.1, 0.15) is 5.82 Å². The van der Waals surface area contributed by atoms with Crippen LogP contribution in [0.15, 0.2) is 24.5 Å². The number of aromatic nitrogens is 3. The van der Waals surface area contributed by atoms with E-state index in [1.807, 2.05) is 17.0 Å². The van der Waals surface area contributed by atoms with E-state index in [2.05, 4.69) is 25.8 Å². The van der Waals surface area contributed by atoms with Crippen LogP contribution in [-0.4, -0.2) is 46.6 Å². The number of piperazine rings is 1. The zero-order chi connectivity index (χ0) is 17.2. The minimum Gasteiger partial charge on any atom is -0.353 e. The number of hydrogen-bond acceptors (Lipinski definition) is 5. The van der Waals surface area contributed by atoms with Gasteiger partial charge in [-0.05, 0) is 37.0 Å². The molecule has 1 aliphatic heterocycles. The smallest absolute Gasteiger partial charge is 0.239 e. The molecule has 2 aliphatic rings. The summed E-state index contributed by atoms with van der Waals surface area (Å²) in [6.07, 6.45) is 5.83. The molecular weight excluding hydrogens is 320 g/mol. The number of amides is 2. The van der Waals surface area contributed by atoms with Crippen molar-refractivity contribution in [2.75, 3.05) is 29.9 Å². The van der Waals surface area contributed by atoms with E-state index < -0.39 is 0 Å². The molecule has 3 N–H and O–H groups in total. The summed E-state index contributed by atoms with van der Waals surface area (Å²) in [5.74, 6) is 0.712. The molecule has 8 nitrogen and oxygen atoms in total. The van der Waals surface area contributed by atoms with Crippen LogP contribution in [0, 0.1) is 5.92 Å². The SMILES string of the molecule is O=C1CN(c2ccc(NC(=O)C3CCc4[nH]ncc4C3)cn2)CCN1. The summed E-state index contributed by atoms with van der Waals surface area (Å²) in [6, 6.07) is 3.67. The summed E-state index contributed by atoms with van der Waals surface area (Å²) in [7, 11) is 0. The Balaban J connectivity index is 1.38. The Labute approximate surface area is 145 Å². The topological polar surface area (TPSA) is 103 Å². The number of pyridine rings is 1. The van der Waals surface area contributed by atoms with E-state index in [9.17, 15) is 9.59 Å². The van der Waals surface area contributed by atoms with Gasteiger partial charge in [0.25, 0.3) is 0 Å². The molecule has 8 heteroatoms. The molecule has 1 fully saturated rings. The lowest BCUT2D eigenvalue weighted by molar-refractivity contribution is -0.121. The van der Waals surface area contributed by atoms with Crippen LogP contribution in [0.4, 0.5) is 11.5 Å². The summed E-state index contributed by atoms with van der Waals surface area (Å²) in [4.78, 5) is 30.3. The zero-order valence-electron chi connectivity index (χ0n) is 13.8. The summed E-state index contributed by atoms with van der Waals surface area (Å²) in [5.41, 5.74) is 2.94. The average molecular weight is 340 g/mol. The van der Waals surface area contributed by atoms with Crippen molar-refractivity contribution >= 4 is 23.3 Å². The van der Waals surface area contributed by atoms with Gasteiger partial charge in [0.05, 0.1) is 24.6 Å². The van der Waals surface area contributed by atoms with Crippen LogP contribution in [0.3, 0.4) is 0 Å². The molecule has 1 aliphatic carbocycles. The average Bonchev–Trinajstić information content (AvgIpc) is 3.10. The molecule has 0 radical (unpaired) electrons. The first-order valence-corrected chi connectivity index (χ1v) is 8.49. The van der Waals surface area contributed by atoms with Gasteiger partial charge in [-0.25, -0.2) is 4.98 Å². The highest BCUT2D eigenvalue weighted by atomic mass is 16.2. The Hall–Kier alpha value is -2.90. The van der Waals surface area contributed by atoms with E-state index in [4.69, 9.17) is 0 Å². The lowest BCUT2D eigenvalue weighted by Crippen LogP contribution is -2.48. The predicted molar refractivity (Wildman–Crippen MR) is 92.2 cm³/mol. The van der Waals surface area contributed by atoms with Crippen molar-refractivity contribution in [2.24, 2.45) is 5.92 Å². The number of carbonyl (C=O) groups excluding carboxylic acids is 2. The van der Waals surface area contributed by atoms with Crippen molar-refractivity contribution in [3.63, 3.8) is 0 Å². The van der Waals surface area contributed by atoms with Gasteiger partial charge in [-0.1, -0.05) is 0 Å². The van der Waals surface area contributed by atoms with Gasteiger partial charge in [-0.3, -0.25) is 14.7 Å².